The van der Waals surface area contributed by atoms with Gasteiger partial charge in [-0.25, -0.2) is 8.78 Å². The molecule has 38 heavy (non-hydrogen) atoms. The van der Waals surface area contributed by atoms with Crippen LogP contribution in [0.4, 0.5) is 14.5 Å². The van der Waals surface area contributed by atoms with E-state index in [9.17, 15) is 18.4 Å². The second-order valence-electron chi connectivity index (χ2n) is 9.41. The van der Waals surface area contributed by atoms with Crippen LogP contribution in [0, 0.1) is 11.6 Å². The van der Waals surface area contributed by atoms with E-state index in [1.165, 1.54) is 24.3 Å². The smallest absolute Gasteiger partial charge is 0.253 e. The molecule has 0 aliphatic carbocycles. The molecule has 0 radical (unpaired) electrons. The maximum absolute atomic E-state index is 13.7. The van der Waals surface area contributed by atoms with Crippen molar-refractivity contribution in [3.63, 3.8) is 0 Å². The van der Waals surface area contributed by atoms with Crippen molar-refractivity contribution >= 4 is 17.5 Å². The van der Waals surface area contributed by atoms with Crippen molar-refractivity contribution in [3.8, 4) is 11.1 Å². The largest absolute Gasteiger partial charge is 0.339 e. The first kappa shape index (κ1) is 25.1. The van der Waals surface area contributed by atoms with Gasteiger partial charge in [-0.2, -0.15) is 0 Å². The summed E-state index contributed by atoms with van der Waals surface area (Å²) in [4.78, 5) is 28.5. The van der Waals surface area contributed by atoms with Crippen LogP contribution in [0.1, 0.15) is 28.8 Å². The molecular weight excluding hydrogens is 484 g/mol. The predicted octanol–water partition coefficient (Wildman–Crippen LogP) is 5.95. The Morgan fingerprint density at radius 2 is 1.21 bits per heavy atom. The second-order valence-corrected chi connectivity index (χ2v) is 9.41. The minimum Gasteiger partial charge on any atom is -0.339 e. The van der Waals surface area contributed by atoms with Crippen LogP contribution in [0.5, 0.6) is 0 Å². The van der Waals surface area contributed by atoms with Crippen LogP contribution in [0.3, 0.4) is 0 Å². The van der Waals surface area contributed by atoms with E-state index in [0.717, 1.165) is 16.8 Å². The zero-order valence-electron chi connectivity index (χ0n) is 20.7. The molecule has 5 rings (SSSR count). The number of hydrogen-bond acceptors (Lipinski definition) is 3. The van der Waals surface area contributed by atoms with Crippen LogP contribution in [-0.2, 0) is 10.2 Å². The molecule has 1 aliphatic rings. The van der Waals surface area contributed by atoms with Gasteiger partial charge in [0.15, 0.2) is 0 Å². The summed E-state index contributed by atoms with van der Waals surface area (Å²) in [5.41, 5.74) is 8.60. The zero-order valence-corrected chi connectivity index (χ0v) is 20.7. The van der Waals surface area contributed by atoms with Gasteiger partial charge in [-0.15, -0.1) is 0 Å². The number of amides is 2. The summed E-state index contributed by atoms with van der Waals surface area (Å²) in [6, 6.07) is 28.7. The molecule has 1 aliphatic heterocycles. The Hall–Kier alpha value is -4.52. The van der Waals surface area contributed by atoms with Gasteiger partial charge >= 0.3 is 0 Å². The molecule has 5 nitrogen and oxygen atoms in total. The van der Waals surface area contributed by atoms with Gasteiger partial charge in [0.05, 0.1) is 11.1 Å². The number of halogens is 2. The van der Waals surface area contributed by atoms with Crippen molar-refractivity contribution in [1.82, 2.24) is 10.3 Å². The van der Waals surface area contributed by atoms with E-state index < -0.39 is 5.41 Å². The molecular formula is C31H27F2N3O2. The third kappa shape index (κ3) is 5.27. The number of para-hydroxylation sites is 1. The average molecular weight is 512 g/mol. The fourth-order valence-corrected chi connectivity index (χ4v) is 4.91. The minimum absolute atomic E-state index is 0.119. The Balaban J connectivity index is 1.30. The van der Waals surface area contributed by atoms with E-state index in [-0.39, 0.29) is 23.4 Å². The molecule has 4 aromatic rings. The van der Waals surface area contributed by atoms with Crippen LogP contribution in [0.15, 0.2) is 103 Å². The Morgan fingerprint density at radius 1 is 0.684 bits per heavy atom. The van der Waals surface area contributed by atoms with Crippen LogP contribution < -0.4 is 10.9 Å². The van der Waals surface area contributed by atoms with Crippen molar-refractivity contribution in [2.24, 2.45) is 0 Å². The monoisotopic (exact) mass is 511 g/mol. The van der Waals surface area contributed by atoms with Crippen molar-refractivity contribution in [1.29, 1.82) is 0 Å². The van der Waals surface area contributed by atoms with E-state index in [4.69, 9.17) is 0 Å². The molecule has 192 valence electrons. The highest BCUT2D eigenvalue weighted by atomic mass is 19.1. The standard InChI is InChI=1S/C31H27F2N3O2/c32-26-14-10-23(11-15-26)22-6-8-24(9-7-22)29(37)36-20-18-31(19-21-36,25-12-16-27(33)17-13-25)30(38)35-34-28-4-2-1-3-5-28/h1-17,34H,18-21H2,(H,35,38). The van der Waals surface area contributed by atoms with E-state index in [1.807, 2.05) is 42.5 Å². The van der Waals surface area contributed by atoms with Crippen molar-refractivity contribution in [2.45, 2.75) is 18.3 Å². The number of hydrazine groups is 1. The second kappa shape index (κ2) is 10.8. The molecule has 7 heteroatoms. The highest BCUT2D eigenvalue weighted by Crippen LogP contribution is 2.36. The molecule has 1 heterocycles. The number of nitrogens with zero attached hydrogens (tertiary/aromatic N) is 1. The van der Waals surface area contributed by atoms with Gasteiger partial charge in [0.25, 0.3) is 5.91 Å². The van der Waals surface area contributed by atoms with Crippen molar-refractivity contribution in [2.75, 3.05) is 18.5 Å². The summed E-state index contributed by atoms with van der Waals surface area (Å²) < 4.78 is 26.9. The van der Waals surface area contributed by atoms with Crippen LogP contribution in [-0.4, -0.2) is 29.8 Å². The van der Waals surface area contributed by atoms with E-state index in [2.05, 4.69) is 10.9 Å². The first-order chi connectivity index (χ1) is 18.4. The summed E-state index contributed by atoms with van der Waals surface area (Å²) in [5, 5.41) is 0. The molecule has 0 aromatic heterocycles. The fourth-order valence-electron chi connectivity index (χ4n) is 4.91. The third-order valence-electron chi connectivity index (χ3n) is 7.14. The average Bonchev–Trinajstić information content (AvgIpc) is 2.97. The molecule has 1 fully saturated rings. The number of hydrogen-bond donors (Lipinski definition) is 2. The van der Waals surface area contributed by atoms with Gasteiger partial charge in [-0.3, -0.25) is 20.4 Å². The number of benzene rings is 4. The molecule has 1 saturated heterocycles. The fraction of sp³-hybridized carbons (Fsp3) is 0.161. The van der Waals surface area contributed by atoms with Gasteiger partial charge in [0, 0.05) is 18.7 Å². The lowest BCUT2D eigenvalue weighted by molar-refractivity contribution is -0.128. The van der Waals surface area contributed by atoms with Gasteiger partial charge in [-0.05, 0) is 78.1 Å². The summed E-state index contributed by atoms with van der Waals surface area (Å²) >= 11 is 0. The number of likely N-dealkylation sites (tertiary alicyclic amines) is 1. The van der Waals surface area contributed by atoms with Gasteiger partial charge in [-0.1, -0.05) is 54.6 Å². The third-order valence-corrected chi connectivity index (χ3v) is 7.14. The maximum atomic E-state index is 13.7. The molecule has 0 atom stereocenters. The molecule has 0 saturated carbocycles. The highest BCUT2D eigenvalue weighted by Gasteiger charge is 2.44. The SMILES string of the molecule is O=C(c1ccc(-c2ccc(F)cc2)cc1)N1CCC(C(=O)NNc2ccccc2)(c2ccc(F)cc2)CC1. The first-order valence-electron chi connectivity index (χ1n) is 12.5. The van der Waals surface area contributed by atoms with E-state index in [1.54, 1.807) is 41.3 Å². The Labute approximate surface area is 220 Å². The number of carbonyl (C=O) groups excluding carboxylic acids is 2. The van der Waals surface area contributed by atoms with Gasteiger partial charge in [0.2, 0.25) is 5.91 Å². The quantitative estimate of drug-likeness (QED) is 0.315. The number of carbonyl (C=O) groups is 2. The topological polar surface area (TPSA) is 61.4 Å². The molecule has 4 aromatic carbocycles. The predicted molar refractivity (Wildman–Crippen MR) is 143 cm³/mol. The van der Waals surface area contributed by atoms with Crippen LogP contribution >= 0.6 is 0 Å². The number of anilines is 1. The summed E-state index contributed by atoms with van der Waals surface area (Å²) in [7, 11) is 0. The minimum atomic E-state index is -0.918. The van der Waals surface area contributed by atoms with Crippen LogP contribution in [0.25, 0.3) is 11.1 Å². The Morgan fingerprint density at radius 3 is 1.79 bits per heavy atom. The molecule has 0 unspecified atom stereocenters. The van der Waals surface area contributed by atoms with Gasteiger partial charge < -0.3 is 4.90 Å². The number of piperidine rings is 1. The maximum Gasteiger partial charge on any atom is 0.253 e. The van der Waals surface area contributed by atoms with Gasteiger partial charge in [0.1, 0.15) is 11.6 Å². The lowest BCUT2D eigenvalue weighted by Gasteiger charge is -2.41. The molecule has 2 N–H and O–H groups in total. The summed E-state index contributed by atoms with van der Waals surface area (Å²) in [6.07, 6.45) is 0.778. The molecule has 2 amide bonds. The summed E-state index contributed by atoms with van der Waals surface area (Å²) in [6.45, 7) is 0.739. The molecule has 0 bridgehead atoms. The normalized spacial score (nSPS) is 14.5. The van der Waals surface area contributed by atoms with E-state index in [0.29, 0.717) is 37.1 Å². The summed E-state index contributed by atoms with van der Waals surface area (Å²) in [5.74, 6) is -1.02. The Bertz CT molecular complexity index is 1400. The molecule has 0 spiro atoms. The lowest BCUT2D eigenvalue weighted by Crippen LogP contribution is -2.53. The van der Waals surface area contributed by atoms with Crippen molar-refractivity contribution < 1.29 is 18.4 Å². The first-order valence-corrected chi connectivity index (χ1v) is 12.5. The zero-order chi connectivity index (χ0) is 26.5. The van der Waals surface area contributed by atoms with Crippen molar-refractivity contribution in [3.05, 3.63) is 126 Å². The Kier molecular flexibility index (Phi) is 7.18. The number of nitrogens with one attached hydrogen (secondary N) is 2. The lowest BCUT2D eigenvalue weighted by atomic mass is 9.72. The number of rotatable bonds is 6. The van der Waals surface area contributed by atoms with E-state index >= 15 is 0 Å². The highest BCUT2D eigenvalue weighted by molar-refractivity contribution is 5.95. The van der Waals surface area contributed by atoms with Crippen LogP contribution in [0.2, 0.25) is 0 Å².